The van der Waals surface area contributed by atoms with Gasteiger partial charge in [0.15, 0.2) is 6.10 Å². The van der Waals surface area contributed by atoms with Gasteiger partial charge in [-0.1, -0.05) is 12.1 Å². The zero-order valence-electron chi connectivity index (χ0n) is 13.0. The second-order valence-electron chi connectivity index (χ2n) is 5.69. The summed E-state index contributed by atoms with van der Waals surface area (Å²) in [5.41, 5.74) is 0.565. The minimum Gasteiger partial charge on any atom is -0.497 e. The first kappa shape index (κ1) is 15.8. The quantitative estimate of drug-likeness (QED) is 0.908. The summed E-state index contributed by atoms with van der Waals surface area (Å²) in [7, 11) is 5.40. The van der Waals surface area contributed by atoms with Crippen LogP contribution in [0.2, 0.25) is 0 Å². The van der Waals surface area contributed by atoms with Gasteiger partial charge in [0, 0.05) is 19.6 Å². The summed E-state index contributed by atoms with van der Waals surface area (Å²) < 4.78 is 5.13. The molecule has 1 aromatic rings. The van der Waals surface area contributed by atoms with Crippen molar-refractivity contribution in [2.24, 2.45) is 0 Å². The fourth-order valence-electron chi connectivity index (χ4n) is 2.78. The maximum atomic E-state index is 12.5. The summed E-state index contributed by atoms with van der Waals surface area (Å²) in [5, 5.41) is 10.3. The fourth-order valence-corrected chi connectivity index (χ4v) is 2.78. The highest BCUT2D eigenvalue weighted by Gasteiger charge is 2.29. The Morgan fingerprint density at radius 3 is 2.95 bits per heavy atom. The van der Waals surface area contributed by atoms with E-state index in [0.717, 1.165) is 25.9 Å². The van der Waals surface area contributed by atoms with Crippen LogP contribution in [0.5, 0.6) is 5.75 Å². The number of hydrogen-bond acceptors (Lipinski definition) is 4. The van der Waals surface area contributed by atoms with E-state index in [2.05, 4.69) is 11.9 Å². The number of likely N-dealkylation sites (tertiary alicyclic amines) is 1. The van der Waals surface area contributed by atoms with Crippen LogP contribution in [0.15, 0.2) is 24.3 Å². The van der Waals surface area contributed by atoms with Gasteiger partial charge in [-0.15, -0.1) is 0 Å². The second kappa shape index (κ2) is 6.91. The van der Waals surface area contributed by atoms with Crippen LogP contribution in [0.4, 0.5) is 0 Å². The molecule has 0 radical (unpaired) electrons. The van der Waals surface area contributed by atoms with Crippen molar-refractivity contribution in [1.82, 2.24) is 9.80 Å². The van der Waals surface area contributed by atoms with Crippen molar-refractivity contribution < 1.29 is 14.6 Å². The van der Waals surface area contributed by atoms with E-state index < -0.39 is 6.10 Å². The van der Waals surface area contributed by atoms with Crippen molar-refractivity contribution in [2.45, 2.75) is 25.0 Å². The minimum absolute atomic E-state index is 0.163. The van der Waals surface area contributed by atoms with Crippen molar-refractivity contribution in [3.05, 3.63) is 29.8 Å². The maximum Gasteiger partial charge on any atom is 0.256 e. The lowest BCUT2D eigenvalue weighted by Gasteiger charge is -2.36. The van der Waals surface area contributed by atoms with Gasteiger partial charge in [-0.05, 0) is 44.1 Å². The number of likely N-dealkylation sites (N-methyl/N-ethyl adjacent to an activating group) is 2. The average molecular weight is 292 g/mol. The average Bonchev–Trinajstić information content (AvgIpc) is 2.52. The Kier molecular flexibility index (Phi) is 5.20. The van der Waals surface area contributed by atoms with Crippen molar-refractivity contribution >= 4 is 5.91 Å². The predicted molar refractivity (Wildman–Crippen MR) is 81.2 cm³/mol. The SMILES string of the molecule is COc1cccc(C(O)C(=O)N(C)C2CCCN(C)C2)c1. The molecule has 1 aliphatic heterocycles. The molecule has 1 N–H and O–H groups in total. The lowest BCUT2D eigenvalue weighted by atomic mass is 10.0. The number of carbonyl (C=O) groups excluding carboxylic acids is 1. The van der Waals surface area contributed by atoms with Crippen molar-refractivity contribution in [3.8, 4) is 5.75 Å². The molecule has 1 aliphatic rings. The monoisotopic (exact) mass is 292 g/mol. The molecule has 21 heavy (non-hydrogen) atoms. The first-order valence-electron chi connectivity index (χ1n) is 7.30. The Morgan fingerprint density at radius 2 is 2.29 bits per heavy atom. The Balaban J connectivity index is 2.07. The van der Waals surface area contributed by atoms with E-state index in [-0.39, 0.29) is 11.9 Å². The Bertz CT molecular complexity index is 492. The maximum absolute atomic E-state index is 12.5. The molecule has 0 aliphatic carbocycles. The zero-order chi connectivity index (χ0) is 15.4. The van der Waals surface area contributed by atoms with Crippen LogP contribution in [-0.4, -0.2) is 61.2 Å². The van der Waals surface area contributed by atoms with Crippen molar-refractivity contribution in [3.63, 3.8) is 0 Å². The highest BCUT2D eigenvalue weighted by atomic mass is 16.5. The number of methoxy groups -OCH3 is 1. The van der Waals surface area contributed by atoms with Crippen LogP contribution in [-0.2, 0) is 4.79 Å². The topological polar surface area (TPSA) is 53.0 Å². The highest BCUT2D eigenvalue weighted by Crippen LogP contribution is 2.22. The molecule has 5 heteroatoms. The van der Waals surface area contributed by atoms with Gasteiger partial charge < -0.3 is 19.6 Å². The number of aliphatic hydroxyl groups excluding tert-OH is 1. The molecular weight excluding hydrogens is 268 g/mol. The van der Waals surface area contributed by atoms with E-state index in [4.69, 9.17) is 4.74 Å². The minimum atomic E-state index is -1.14. The Labute approximate surface area is 126 Å². The highest BCUT2D eigenvalue weighted by molar-refractivity contribution is 5.82. The fraction of sp³-hybridized carbons (Fsp3) is 0.562. The molecule has 116 valence electrons. The molecule has 1 amide bonds. The Morgan fingerprint density at radius 1 is 1.52 bits per heavy atom. The van der Waals surface area contributed by atoms with E-state index in [9.17, 15) is 9.90 Å². The van der Waals surface area contributed by atoms with Crippen LogP contribution >= 0.6 is 0 Å². The number of amides is 1. The molecule has 0 aromatic heterocycles. The third-order valence-corrected chi connectivity index (χ3v) is 4.14. The number of aliphatic hydroxyl groups is 1. The summed E-state index contributed by atoms with van der Waals surface area (Å²) in [5.74, 6) is 0.378. The van der Waals surface area contributed by atoms with E-state index in [1.807, 2.05) is 0 Å². The van der Waals surface area contributed by atoms with Gasteiger partial charge in [-0.3, -0.25) is 4.79 Å². The van der Waals surface area contributed by atoms with Crippen LogP contribution in [0.1, 0.15) is 24.5 Å². The smallest absolute Gasteiger partial charge is 0.256 e. The molecule has 2 unspecified atom stereocenters. The number of carbonyl (C=O) groups is 1. The number of rotatable bonds is 4. The van der Waals surface area contributed by atoms with Crippen molar-refractivity contribution in [1.29, 1.82) is 0 Å². The van der Waals surface area contributed by atoms with Gasteiger partial charge in [0.2, 0.25) is 0 Å². The number of nitrogens with zero attached hydrogens (tertiary/aromatic N) is 2. The van der Waals surface area contributed by atoms with E-state index >= 15 is 0 Å². The van der Waals surface area contributed by atoms with Crippen molar-refractivity contribution in [2.75, 3.05) is 34.3 Å². The predicted octanol–water partition coefficient (Wildman–Crippen LogP) is 1.28. The second-order valence-corrected chi connectivity index (χ2v) is 5.69. The van der Waals surface area contributed by atoms with Crippen LogP contribution in [0, 0.1) is 0 Å². The van der Waals surface area contributed by atoms with Gasteiger partial charge in [0.25, 0.3) is 5.91 Å². The molecule has 0 bridgehead atoms. The number of piperidine rings is 1. The van der Waals surface area contributed by atoms with Gasteiger partial charge in [0.1, 0.15) is 5.75 Å². The molecule has 0 spiro atoms. The third-order valence-electron chi connectivity index (χ3n) is 4.14. The normalized spacial score (nSPS) is 20.9. The summed E-state index contributed by atoms with van der Waals surface area (Å²) >= 11 is 0. The lowest BCUT2D eigenvalue weighted by Crippen LogP contribution is -2.48. The van der Waals surface area contributed by atoms with E-state index in [1.165, 1.54) is 0 Å². The standard InChI is InChI=1S/C16H24N2O3/c1-17-9-5-7-13(11-17)18(2)16(20)15(19)12-6-4-8-14(10-12)21-3/h4,6,8,10,13,15,19H,5,7,9,11H2,1-3H3. The van der Waals surface area contributed by atoms with Gasteiger partial charge >= 0.3 is 0 Å². The van der Waals surface area contributed by atoms with Gasteiger partial charge in [-0.25, -0.2) is 0 Å². The molecule has 1 heterocycles. The molecule has 0 saturated carbocycles. The molecule has 1 fully saturated rings. The molecule has 2 atom stereocenters. The molecule has 5 nitrogen and oxygen atoms in total. The lowest BCUT2D eigenvalue weighted by molar-refractivity contribution is -0.142. The van der Waals surface area contributed by atoms with Crippen LogP contribution < -0.4 is 4.74 Å². The number of benzene rings is 1. The Hall–Kier alpha value is -1.59. The number of ether oxygens (including phenoxy) is 1. The molecular formula is C16H24N2O3. The molecule has 2 rings (SSSR count). The number of hydrogen-bond donors (Lipinski definition) is 1. The summed E-state index contributed by atoms with van der Waals surface area (Å²) in [6, 6.07) is 7.17. The first-order valence-corrected chi connectivity index (χ1v) is 7.30. The van der Waals surface area contributed by atoms with Crippen LogP contribution in [0.3, 0.4) is 0 Å². The van der Waals surface area contributed by atoms with E-state index in [0.29, 0.717) is 11.3 Å². The third kappa shape index (κ3) is 3.74. The molecule has 1 saturated heterocycles. The molecule has 1 aromatic carbocycles. The summed E-state index contributed by atoms with van der Waals surface area (Å²) in [6.45, 7) is 1.92. The van der Waals surface area contributed by atoms with Crippen LogP contribution in [0.25, 0.3) is 0 Å². The van der Waals surface area contributed by atoms with Gasteiger partial charge in [0.05, 0.1) is 7.11 Å². The first-order chi connectivity index (χ1) is 10.0. The largest absolute Gasteiger partial charge is 0.497 e. The van der Waals surface area contributed by atoms with Gasteiger partial charge in [-0.2, -0.15) is 0 Å². The summed E-state index contributed by atoms with van der Waals surface area (Å²) in [4.78, 5) is 16.4. The zero-order valence-corrected chi connectivity index (χ0v) is 13.0. The summed E-state index contributed by atoms with van der Waals surface area (Å²) in [6.07, 6.45) is 0.920. The van der Waals surface area contributed by atoms with E-state index in [1.54, 1.807) is 43.3 Å².